The monoisotopic (exact) mass is 344 g/mol. The van der Waals surface area contributed by atoms with Crippen molar-refractivity contribution in [1.82, 2.24) is 0 Å². The van der Waals surface area contributed by atoms with Crippen molar-refractivity contribution in [2.75, 3.05) is 0 Å². The third-order valence-electron chi connectivity index (χ3n) is 2.59. The molecule has 0 aliphatic rings. The third kappa shape index (κ3) is 3.69. The first kappa shape index (κ1) is 14.3. The lowest BCUT2D eigenvalue weighted by Gasteiger charge is -2.10. The van der Waals surface area contributed by atoms with Crippen LogP contribution in [0.5, 0.6) is 5.75 Å². The standard InChI is InChI=1S/C14H11BrClFO2/c15-13-3-2-12(6-9(13)7-18)19-8-10-5-11(17)1-4-14(10)16/h1-6,18H,7-8H2. The number of ether oxygens (including phenoxy) is 1. The zero-order valence-corrected chi connectivity index (χ0v) is 12.2. The maximum atomic E-state index is 13.1. The van der Waals surface area contributed by atoms with Gasteiger partial charge >= 0.3 is 0 Å². The summed E-state index contributed by atoms with van der Waals surface area (Å²) in [7, 11) is 0. The molecule has 0 amide bonds. The van der Waals surface area contributed by atoms with Gasteiger partial charge in [-0.2, -0.15) is 0 Å². The van der Waals surface area contributed by atoms with Gasteiger partial charge < -0.3 is 9.84 Å². The molecule has 2 nitrogen and oxygen atoms in total. The minimum absolute atomic E-state index is 0.0848. The van der Waals surface area contributed by atoms with E-state index in [1.165, 1.54) is 18.2 Å². The zero-order chi connectivity index (χ0) is 13.8. The van der Waals surface area contributed by atoms with Crippen LogP contribution in [-0.4, -0.2) is 5.11 Å². The Bertz CT molecular complexity index is 590. The van der Waals surface area contributed by atoms with Crippen molar-refractivity contribution in [1.29, 1.82) is 0 Å². The Morgan fingerprint density at radius 2 is 1.95 bits per heavy atom. The summed E-state index contributed by atoms with van der Waals surface area (Å²) in [5.74, 6) is 0.238. The molecule has 0 bridgehead atoms. The van der Waals surface area contributed by atoms with E-state index in [0.717, 1.165) is 10.0 Å². The predicted octanol–water partition coefficient (Wildman–Crippen LogP) is 4.31. The number of halogens is 3. The molecule has 0 aliphatic carbocycles. The summed E-state index contributed by atoms with van der Waals surface area (Å²) in [6, 6.07) is 9.40. The lowest BCUT2D eigenvalue weighted by atomic mass is 10.2. The Hall–Kier alpha value is -1.10. The number of aliphatic hydroxyl groups excluding tert-OH is 1. The van der Waals surface area contributed by atoms with E-state index in [2.05, 4.69) is 15.9 Å². The summed E-state index contributed by atoms with van der Waals surface area (Å²) in [4.78, 5) is 0. The van der Waals surface area contributed by atoms with Crippen LogP contribution in [0.15, 0.2) is 40.9 Å². The van der Waals surface area contributed by atoms with Crippen LogP contribution >= 0.6 is 27.5 Å². The number of hydrogen-bond donors (Lipinski definition) is 1. The molecular weight excluding hydrogens is 335 g/mol. The molecule has 0 aromatic heterocycles. The number of hydrogen-bond acceptors (Lipinski definition) is 2. The summed E-state index contributed by atoms with van der Waals surface area (Å²) in [5, 5.41) is 9.61. The minimum Gasteiger partial charge on any atom is -0.489 e. The first-order valence-corrected chi connectivity index (χ1v) is 6.73. The smallest absolute Gasteiger partial charge is 0.123 e. The highest BCUT2D eigenvalue weighted by Crippen LogP contribution is 2.24. The summed E-state index contributed by atoms with van der Waals surface area (Å²) in [6.07, 6.45) is 0. The van der Waals surface area contributed by atoms with Crippen molar-refractivity contribution in [3.05, 3.63) is 62.8 Å². The van der Waals surface area contributed by atoms with Crippen molar-refractivity contribution in [2.24, 2.45) is 0 Å². The molecule has 0 unspecified atom stereocenters. The van der Waals surface area contributed by atoms with Crippen LogP contribution < -0.4 is 4.74 Å². The van der Waals surface area contributed by atoms with Crippen LogP contribution in [0, 0.1) is 5.82 Å². The molecule has 1 N–H and O–H groups in total. The van der Waals surface area contributed by atoms with Gasteiger partial charge in [-0.3, -0.25) is 0 Å². The fourth-order valence-electron chi connectivity index (χ4n) is 1.58. The summed E-state index contributed by atoms with van der Waals surface area (Å²) in [6.45, 7) is 0.0849. The lowest BCUT2D eigenvalue weighted by molar-refractivity contribution is 0.277. The van der Waals surface area contributed by atoms with E-state index in [0.29, 0.717) is 16.3 Å². The van der Waals surface area contributed by atoms with E-state index in [1.807, 2.05) is 0 Å². The maximum Gasteiger partial charge on any atom is 0.123 e. The molecule has 0 spiro atoms. The molecule has 2 aromatic carbocycles. The lowest BCUT2D eigenvalue weighted by Crippen LogP contribution is -1.98. The van der Waals surface area contributed by atoms with Crippen molar-refractivity contribution in [3.63, 3.8) is 0 Å². The Kier molecular flexibility index (Phi) is 4.80. The second-order valence-corrected chi connectivity index (χ2v) is 5.20. The SMILES string of the molecule is OCc1cc(OCc2cc(F)ccc2Cl)ccc1Br. The van der Waals surface area contributed by atoms with E-state index in [9.17, 15) is 4.39 Å². The molecular formula is C14H11BrClFO2. The second kappa shape index (κ2) is 6.37. The highest BCUT2D eigenvalue weighted by molar-refractivity contribution is 9.10. The molecule has 2 aromatic rings. The molecule has 0 fully saturated rings. The predicted molar refractivity (Wildman–Crippen MR) is 75.8 cm³/mol. The number of rotatable bonds is 4. The molecule has 0 saturated heterocycles. The molecule has 5 heteroatoms. The molecule has 100 valence electrons. The van der Waals surface area contributed by atoms with Crippen LogP contribution in [0.1, 0.15) is 11.1 Å². The largest absolute Gasteiger partial charge is 0.489 e. The van der Waals surface area contributed by atoms with Gasteiger partial charge in [0.2, 0.25) is 0 Å². The molecule has 0 radical (unpaired) electrons. The van der Waals surface area contributed by atoms with E-state index in [-0.39, 0.29) is 19.0 Å². The van der Waals surface area contributed by atoms with Crippen molar-refractivity contribution in [2.45, 2.75) is 13.2 Å². The van der Waals surface area contributed by atoms with Crippen LogP contribution in [0.25, 0.3) is 0 Å². The summed E-state index contributed by atoms with van der Waals surface area (Å²) in [5.41, 5.74) is 1.30. The van der Waals surface area contributed by atoms with Crippen LogP contribution in [-0.2, 0) is 13.2 Å². The van der Waals surface area contributed by atoms with Gasteiger partial charge in [0.15, 0.2) is 0 Å². The number of benzene rings is 2. The van der Waals surface area contributed by atoms with E-state index in [1.54, 1.807) is 18.2 Å². The van der Waals surface area contributed by atoms with Crippen LogP contribution in [0.2, 0.25) is 5.02 Å². The van der Waals surface area contributed by atoms with Crippen molar-refractivity contribution < 1.29 is 14.2 Å². The van der Waals surface area contributed by atoms with Gasteiger partial charge in [0.05, 0.1) is 6.61 Å². The minimum atomic E-state index is -0.352. The second-order valence-electron chi connectivity index (χ2n) is 3.94. The van der Waals surface area contributed by atoms with Gasteiger partial charge in [0, 0.05) is 15.1 Å². The number of aliphatic hydroxyl groups is 1. The molecule has 2 rings (SSSR count). The van der Waals surface area contributed by atoms with Gasteiger partial charge in [-0.25, -0.2) is 4.39 Å². The topological polar surface area (TPSA) is 29.5 Å². The van der Waals surface area contributed by atoms with Crippen molar-refractivity contribution in [3.8, 4) is 5.75 Å². The zero-order valence-electron chi connectivity index (χ0n) is 9.87. The van der Waals surface area contributed by atoms with Crippen LogP contribution in [0.3, 0.4) is 0 Å². The average molecular weight is 346 g/mol. The van der Waals surface area contributed by atoms with E-state index in [4.69, 9.17) is 21.4 Å². The third-order valence-corrected chi connectivity index (χ3v) is 3.73. The fraction of sp³-hybridized carbons (Fsp3) is 0.143. The fourth-order valence-corrected chi connectivity index (χ4v) is 2.12. The van der Waals surface area contributed by atoms with Crippen molar-refractivity contribution >= 4 is 27.5 Å². The molecule has 19 heavy (non-hydrogen) atoms. The molecule has 0 saturated carbocycles. The Morgan fingerprint density at radius 1 is 1.16 bits per heavy atom. The first-order valence-electron chi connectivity index (χ1n) is 5.56. The highest BCUT2D eigenvalue weighted by Gasteiger charge is 2.05. The van der Waals surface area contributed by atoms with Gasteiger partial charge in [0.25, 0.3) is 0 Å². The average Bonchev–Trinajstić information content (AvgIpc) is 2.41. The molecule has 0 atom stereocenters. The summed E-state index contributed by atoms with van der Waals surface area (Å²) >= 11 is 9.27. The van der Waals surface area contributed by atoms with E-state index >= 15 is 0 Å². The first-order chi connectivity index (χ1) is 9.10. The normalized spacial score (nSPS) is 10.5. The van der Waals surface area contributed by atoms with Gasteiger partial charge in [-0.05, 0) is 42.0 Å². The van der Waals surface area contributed by atoms with E-state index < -0.39 is 0 Å². The molecule has 0 heterocycles. The summed E-state index contributed by atoms with van der Waals surface area (Å²) < 4.78 is 19.4. The quantitative estimate of drug-likeness (QED) is 0.894. The van der Waals surface area contributed by atoms with Gasteiger partial charge in [-0.15, -0.1) is 0 Å². The Morgan fingerprint density at radius 3 is 2.68 bits per heavy atom. The Labute approximate surface area is 123 Å². The highest BCUT2D eigenvalue weighted by atomic mass is 79.9. The van der Waals surface area contributed by atoms with Gasteiger partial charge in [-0.1, -0.05) is 27.5 Å². The maximum absolute atomic E-state index is 13.1. The van der Waals surface area contributed by atoms with Gasteiger partial charge in [0.1, 0.15) is 18.2 Å². The van der Waals surface area contributed by atoms with Crippen LogP contribution in [0.4, 0.5) is 4.39 Å². The Balaban J connectivity index is 2.12. The molecule has 0 aliphatic heterocycles.